The Morgan fingerprint density at radius 1 is 1.32 bits per heavy atom. The Hall–Kier alpha value is -1.13. The zero-order valence-corrected chi connectivity index (χ0v) is 13.1. The summed E-state index contributed by atoms with van der Waals surface area (Å²) in [6.07, 6.45) is 1.46. The first-order valence-corrected chi connectivity index (χ1v) is 7.22. The van der Waals surface area contributed by atoms with E-state index in [0.29, 0.717) is 6.42 Å². The minimum absolute atomic E-state index is 0.554. The van der Waals surface area contributed by atoms with Crippen LogP contribution in [0, 0.1) is 0 Å². The van der Waals surface area contributed by atoms with Crippen LogP contribution in [0.1, 0.15) is 30.8 Å². The van der Waals surface area contributed by atoms with Gasteiger partial charge in [0, 0.05) is 23.6 Å². The van der Waals surface area contributed by atoms with Gasteiger partial charge in [-0.15, -0.1) is 0 Å². The van der Waals surface area contributed by atoms with Crippen molar-refractivity contribution in [3.05, 3.63) is 51.8 Å². The Kier molecular flexibility index (Phi) is 4.11. The molecule has 0 saturated heterocycles. The summed E-state index contributed by atoms with van der Waals surface area (Å²) in [5.41, 5.74) is 2.13. The topological polar surface area (TPSA) is 38.0 Å². The molecular weight excluding hydrogens is 304 g/mol. The highest BCUT2D eigenvalue weighted by atomic mass is 79.9. The quantitative estimate of drug-likeness (QED) is 0.938. The average molecular weight is 323 g/mol. The van der Waals surface area contributed by atoms with Gasteiger partial charge in [-0.25, -0.2) is 0 Å². The van der Waals surface area contributed by atoms with Crippen LogP contribution in [0.15, 0.2) is 34.8 Å². The first kappa shape index (κ1) is 14.3. The summed E-state index contributed by atoms with van der Waals surface area (Å²) in [5.74, 6) is 0. The van der Waals surface area contributed by atoms with E-state index in [1.54, 1.807) is 0 Å². The van der Waals surface area contributed by atoms with Crippen LogP contribution in [0.3, 0.4) is 0 Å². The van der Waals surface area contributed by atoms with E-state index in [2.05, 4.69) is 34.0 Å². The van der Waals surface area contributed by atoms with Crippen molar-refractivity contribution in [2.45, 2.75) is 32.3 Å². The Labute approximate surface area is 122 Å². The molecule has 19 heavy (non-hydrogen) atoms. The third-order valence-corrected chi connectivity index (χ3v) is 3.91. The van der Waals surface area contributed by atoms with Crippen molar-refractivity contribution < 1.29 is 5.11 Å². The van der Waals surface area contributed by atoms with Gasteiger partial charge in [-0.3, -0.25) is 4.68 Å². The largest absolute Gasteiger partial charge is 0.385 e. The number of benzene rings is 1. The van der Waals surface area contributed by atoms with Gasteiger partial charge >= 0.3 is 0 Å². The van der Waals surface area contributed by atoms with Crippen molar-refractivity contribution in [1.82, 2.24) is 9.78 Å². The van der Waals surface area contributed by atoms with Gasteiger partial charge in [-0.2, -0.15) is 5.10 Å². The second-order valence-corrected chi connectivity index (χ2v) is 5.98. The fourth-order valence-electron chi connectivity index (χ4n) is 2.17. The predicted molar refractivity (Wildman–Crippen MR) is 80.0 cm³/mol. The van der Waals surface area contributed by atoms with Crippen molar-refractivity contribution in [3.63, 3.8) is 0 Å². The van der Waals surface area contributed by atoms with Crippen LogP contribution in [-0.4, -0.2) is 14.9 Å². The van der Waals surface area contributed by atoms with E-state index in [-0.39, 0.29) is 0 Å². The fraction of sp³-hybridized carbons (Fsp3) is 0.400. The molecule has 0 aliphatic heterocycles. The highest BCUT2D eigenvalue weighted by Crippen LogP contribution is 2.26. The van der Waals surface area contributed by atoms with E-state index >= 15 is 0 Å². The summed E-state index contributed by atoms with van der Waals surface area (Å²) >= 11 is 3.41. The Morgan fingerprint density at radius 3 is 2.47 bits per heavy atom. The number of halogens is 1. The summed E-state index contributed by atoms with van der Waals surface area (Å²) in [6, 6.07) is 9.85. The van der Waals surface area contributed by atoms with Crippen molar-refractivity contribution in [2.24, 2.45) is 7.05 Å². The lowest BCUT2D eigenvalue weighted by molar-refractivity contribution is 0.0556. The van der Waals surface area contributed by atoms with Crippen molar-refractivity contribution in [3.8, 4) is 0 Å². The summed E-state index contributed by atoms with van der Waals surface area (Å²) in [6.45, 7) is 3.92. The van der Waals surface area contributed by atoms with Crippen LogP contribution >= 0.6 is 15.9 Å². The first-order chi connectivity index (χ1) is 8.92. The van der Waals surface area contributed by atoms with Crippen molar-refractivity contribution in [1.29, 1.82) is 0 Å². The number of hydrogen-bond donors (Lipinski definition) is 1. The van der Waals surface area contributed by atoms with Crippen LogP contribution in [0.2, 0.25) is 0 Å². The van der Waals surface area contributed by atoms with Gasteiger partial charge in [-0.1, -0.05) is 35.0 Å². The van der Waals surface area contributed by atoms with E-state index in [0.717, 1.165) is 27.8 Å². The highest BCUT2D eigenvalue weighted by Gasteiger charge is 2.25. The zero-order valence-electron chi connectivity index (χ0n) is 11.5. The van der Waals surface area contributed by atoms with E-state index in [1.807, 2.05) is 42.9 Å². The maximum atomic E-state index is 10.7. The monoisotopic (exact) mass is 322 g/mol. The van der Waals surface area contributed by atoms with Gasteiger partial charge < -0.3 is 5.11 Å². The Balaban J connectivity index is 2.24. The standard InChI is InChI=1S/C15H19BrN2O/c1-4-13-9-14(18(3)17-13)10-15(2,19)11-5-7-12(16)8-6-11/h5-9,19H,4,10H2,1-3H3. The molecule has 2 rings (SSSR count). The summed E-state index contributed by atoms with van der Waals surface area (Å²) in [4.78, 5) is 0. The third kappa shape index (κ3) is 3.25. The molecule has 4 heteroatoms. The molecule has 0 spiro atoms. The molecule has 0 fully saturated rings. The molecule has 0 aliphatic carbocycles. The molecule has 1 N–H and O–H groups in total. The van der Waals surface area contributed by atoms with E-state index < -0.39 is 5.60 Å². The molecule has 1 heterocycles. The van der Waals surface area contributed by atoms with Crippen molar-refractivity contribution >= 4 is 15.9 Å². The fourth-order valence-corrected chi connectivity index (χ4v) is 2.44. The molecule has 1 unspecified atom stereocenters. The van der Waals surface area contributed by atoms with Gasteiger partial charge in [0.2, 0.25) is 0 Å². The second kappa shape index (κ2) is 5.47. The Bertz CT molecular complexity index is 558. The number of aromatic nitrogens is 2. The van der Waals surface area contributed by atoms with Crippen LogP contribution in [0.4, 0.5) is 0 Å². The number of nitrogens with zero attached hydrogens (tertiary/aromatic N) is 2. The summed E-state index contributed by atoms with van der Waals surface area (Å²) in [5, 5.41) is 15.1. The molecule has 0 amide bonds. The lowest BCUT2D eigenvalue weighted by Crippen LogP contribution is -2.25. The molecule has 3 nitrogen and oxygen atoms in total. The van der Waals surface area contributed by atoms with Crippen LogP contribution in [0.5, 0.6) is 0 Å². The average Bonchev–Trinajstić information content (AvgIpc) is 2.70. The minimum atomic E-state index is -0.889. The van der Waals surface area contributed by atoms with Gasteiger partial charge in [0.05, 0.1) is 11.3 Å². The minimum Gasteiger partial charge on any atom is -0.385 e. The second-order valence-electron chi connectivity index (χ2n) is 5.06. The normalized spacial score (nSPS) is 14.4. The molecular formula is C15H19BrN2O. The lowest BCUT2D eigenvalue weighted by atomic mass is 9.91. The molecule has 1 aromatic heterocycles. The maximum absolute atomic E-state index is 10.7. The molecule has 102 valence electrons. The predicted octanol–water partition coefficient (Wildman–Crippen LogP) is 3.20. The van der Waals surface area contributed by atoms with Crippen LogP contribution < -0.4 is 0 Å². The summed E-state index contributed by atoms with van der Waals surface area (Å²) in [7, 11) is 1.92. The molecule has 0 aliphatic rings. The van der Waals surface area contributed by atoms with E-state index in [4.69, 9.17) is 0 Å². The molecule has 1 aromatic carbocycles. The van der Waals surface area contributed by atoms with Gasteiger partial charge in [0.25, 0.3) is 0 Å². The third-order valence-electron chi connectivity index (χ3n) is 3.38. The van der Waals surface area contributed by atoms with Gasteiger partial charge in [0.15, 0.2) is 0 Å². The number of aliphatic hydroxyl groups is 1. The maximum Gasteiger partial charge on any atom is 0.0923 e. The van der Waals surface area contributed by atoms with Gasteiger partial charge in [-0.05, 0) is 37.1 Å². The van der Waals surface area contributed by atoms with E-state index in [9.17, 15) is 5.11 Å². The number of aryl methyl sites for hydroxylation is 2. The summed E-state index contributed by atoms with van der Waals surface area (Å²) < 4.78 is 2.87. The number of rotatable bonds is 4. The SMILES string of the molecule is CCc1cc(CC(C)(O)c2ccc(Br)cc2)n(C)n1. The molecule has 2 aromatic rings. The molecule has 1 atom stereocenters. The highest BCUT2D eigenvalue weighted by molar-refractivity contribution is 9.10. The Morgan fingerprint density at radius 2 is 1.95 bits per heavy atom. The lowest BCUT2D eigenvalue weighted by Gasteiger charge is -2.24. The van der Waals surface area contributed by atoms with Crippen LogP contribution in [0.25, 0.3) is 0 Å². The van der Waals surface area contributed by atoms with Crippen LogP contribution in [-0.2, 0) is 25.5 Å². The zero-order chi connectivity index (χ0) is 14.0. The van der Waals surface area contributed by atoms with E-state index in [1.165, 1.54) is 0 Å². The molecule has 0 saturated carbocycles. The molecule has 0 bridgehead atoms. The number of hydrogen-bond acceptors (Lipinski definition) is 2. The van der Waals surface area contributed by atoms with Gasteiger partial charge in [0.1, 0.15) is 0 Å². The smallest absolute Gasteiger partial charge is 0.0923 e. The van der Waals surface area contributed by atoms with Crippen molar-refractivity contribution in [2.75, 3.05) is 0 Å². The first-order valence-electron chi connectivity index (χ1n) is 6.42. The molecule has 0 radical (unpaired) electrons.